The van der Waals surface area contributed by atoms with Gasteiger partial charge in [-0.3, -0.25) is 0 Å². The number of unbranched alkanes of at least 4 members (excludes halogenated alkanes) is 3. The molecule has 0 amide bonds. The van der Waals surface area contributed by atoms with Gasteiger partial charge in [0.1, 0.15) is 0 Å². The molecular weight excluding hydrogens is 719 g/mol. The van der Waals surface area contributed by atoms with Gasteiger partial charge in [-0.05, 0) is 0 Å². The molecule has 11 heteroatoms. The Bertz CT molecular complexity index is 1210. The number of nitrogens with one attached hydrogen (secondary N) is 1. The number of rotatable bonds is 16. The zero-order valence-electron chi connectivity index (χ0n) is 30.9. The van der Waals surface area contributed by atoms with Gasteiger partial charge in [0.05, 0.1) is 0 Å². The molecule has 2 aliphatic heterocycles. The minimum absolute atomic E-state index is 0.174. The Labute approximate surface area is 285 Å². The summed E-state index contributed by atoms with van der Waals surface area (Å²) in [6.07, 6.45) is 10.9. The predicted octanol–water partition coefficient (Wildman–Crippen LogP) is 9.10. The van der Waals surface area contributed by atoms with Gasteiger partial charge in [-0.1, -0.05) is 0 Å². The quantitative estimate of drug-likeness (QED) is 0.168. The fourth-order valence-electron chi connectivity index (χ4n) is 7.78. The molecule has 46 heavy (non-hydrogen) atoms. The topological polar surface area (TPSA) is 91.8 Å². The standard InChI is InChI=1S/C23H39N2O6Si2.3C4H9.Sn/c1-10-23-13-21(25-12-11-20(26)24-22(25)27)29-19(23)14-28-32(15(2)3,16(4)5)31-33(30-23,17(6)7)18(8)9;3*1-3-4-2;/h1,10-12,15-19,21H,13-14H2,2-9H3,(H,24,26,27);3*1,3-4H2,2H3;/t19-,21-,23+;;;;/m1..../s1. The van der Waals surface area contributed by atoms with Crippen LogP contribution in [0.2, 0.25) is 35.5 Å². The summed E-state index contributed by atoms with van der Waals surface area (Å²) in [7, 11) is -5.76. The molecule has 0 saturated carbocycles. The summed E-state index contributed by atoms with van der Waals surface area (Å²) in [4.78, 5) is 27.6. The van der Waals surface area contributed by atoms with Gasteiger partial charge in [-0.25, -0.2) is 0 Å². The van der Waals surface area contributed by atoms with Gasteiger partial charge in [0.15, 0.2) is 0 Å². The molecule has 2 fully saturated rings. The van der Waals surface area contributed by atoms with Gasteiger partial charge >= 0.3 is 287 Å². The van der Waals surface area contributed by atoms with E-state index in [4.69, 9.17) is 17.7 Å². The van der Waals surface area contributed by atoms with Crippen molar-refractivity contribution in [3.8, 4) is 0 Å². The van der Waals surface area contributed by atoms with Crippen molar-refractivity contribution in [3.63, 3.8) is 0 Å². The summed E-state index contributed by atoms with van der Waals surface area (Å²) in [6.45, 7) is 25.2. The van der Waals surface area contributed by atoms with Crippen molar-refractivity contribution < 1.29 is 17.7 Å². The molecule has 3 heterocycles. The fourth-order valence-corrected chi connectivity index (χ4v) is 33.5. The Hall–Kier alpha value is -0.508. The van der Waals surface area contributed by atoms with Crippen molar-refractivity contribution in [2.45, 2.75) is 175 Å². The van der Waals surface area contributed by atoms with Gasteiger partial charge in [-0.15, -0.1) is 0 Å². The number of H-pyrrole nitrogens is 1. The molecule has 264 valence electrons. The van der Waals surface area contributed by atoms with Crippen LogP contribution in [0.15, 0.2) is 32.0 Å². The maximum absolute atomic E-state index is 13.1. The van der Waals surface area contributed by atoms with Crippen molar-refractivity contribution in [1.29, 1.82) is 0 Å². The number of ether oxygens (including phenoxy) is 1. The first kappa shape index (κ1) is 39.9. The summed E-state index contributed by atoms with van der Waals surface area (Å²) >= 11 is -2.77. The van der Waals surface area contributed by atoms with Crippen LogP contribution in [-0.2, 0) is 17.7 Å². The van der Waals surface area contributed by atoms with E-state index in [1.54, 1.807) is 6.20 Å². The number of aromatic amines is 1. The number of nitrogens with zero attached hydrogens (tertiary/aromatic N) is 1. The molecule has 1 N–H and O–H groups in total. The molecule has 0 unspecified atom stereocenters. The van der Waals surface area contributed by atoms with Gasteiger partial charge < -0.3 is 0 Å². The van der Waals surface area contributed by atoms with Crippen LogP contribution in [0.4, 0.5) is 0 Å². The summed E-state index contributed by atoms with van der Waals surface area (Å²) < 4.78 is 37.7. The van der Waals surface area contributed by atoms with Crippen LogP contribution >= 0.6 is 0 Å². The third-order valence-corrected chi connectivity index (χ3v) is 35.0. The molecule has 1 aromatic heterocycles. The molecule has 8 nitrogen and oxygen atoms in total. The van der Waals surface area contributed by atoms with Crippen molar-refractivity contribution in [2.24, 2.45) is 0 Å². The van der Waals surface area contributed by atoms with Crippen LogP contribution in [0.25, 0.3) is 0 Å². The van der Waals surface area contributed by atoms with E-state index in [2.05, 4.69) is 91.3 Å². The van der Waals surface area contributed by atoms with Crippen LogP contribution in [0.5, 0.6) is 0 Å². The van der Waals surface area contributed by atoms with Gasteiger partial charge in [0, 0.05) is 0 Å². The molecule has 0 radical (unpaired) electrons. The first-order valence-corrected chi connectivity index (χ1v) is 30.0. The van der Waals surface area contributed by atoms with Gasteiger partial charge in [0.25, 0.3) is 0 Å². The van der Waals surface area contributed by atoms with Crippen LogP contribution in [0.1, 0.15) is 127 Å². The Kier molecular flexibility index (Phi) is 14.7. The minimum atomic E-state index is -2.98. The first-order valence-electron chi connectivity index (χ1n) is 18.4. The average Bonchev–Trinajstić information content (AvgIpc) is 3.33. The normalized spacial score (nSPS) is 25.1. The Morgan fingerprint density at radius 1 is 0.891 bits per heavy atom. The second kappa shape index (κ2) is 16.9. The third kappa shape index (κ3) is 8.61. The second-order valence-corrected chi connectivity index (χ2v) is 37.2. The molecule has 0 aliphatic carbocycles. The maximum atomic E-state index is 13.1. The van der Waals surface area contributed by atoms with E-state index in [9.17, 15) is 9.59 Å². The summed E-state index contributed by atoms with van der Waals surface area (Å²) in [5.74, 6) is 0. The van der Waals surface area contributed by atoms with Gasteiger partial charge in [0.2, 0.25) is 0 Å². The van der Waals surface area contributed by atoms with Crippen LogP contribution in [-0.4, -0.2) is 63.4 Å². The number of fused-ring (bicyclic) bond motifs is 1. The van der Waals surface area contributed by atoms with Crippen molar-refractivity contribution >= 4 is 35.5 Å². The Morgan fingerprint density at radius 2 is 1.41 bits per heavy atom. The van der Waals surface area contributed by atoms with Crippen LogP contribution < -0.4 is 11.2 Å². The van der Waals surface area contributed by atoms with E-state index < -0.39 is 64.7 Å². The fraction of sp³-hybridized carbons (Fsp3) is 0.829. The van der Waals surface area contributed by atoms with E-state index >= 15 is 0 Å². The van der Waals surface area contributed by atoms with Crippen LogP contribution in [0, 0.1) is 0 Å². The van der Waals surface area contributed by atoms with Gasteiger partial charge in [-0.2, -0.15) is 0 Å². The third-order valence-electron chi connectivity index (χ3n) is 10.7. The monoisotopic (exact) mass is 786 g/mol. The molecule has 2 aliphatic rings. The van der Waals surface area contributed by atoms with E-state index in [0.29, 0.717) is 13.0 Å². The van der Waals surface area contributed by atoms with Crippen molar-refractivity contribution in [1.82, 2.24) is 9.55 Å². The zero-order valence-corrected chi connectivity index (χ0v) is 35.8. The average molecular weight is 786 g/mol. The first-order chi connectivity index (χ1) is 21.7. The number of aromatic nitrogens is 2. The Morgan fingerprint density at radius 3 is 1.87 bits per heavy atom. The number of hydrogen-bond acceptors (Lipinski definition) is 6. The van der Waals surface area contributed by atoms with Crippen molar-refractivity contribution in [3.05, 3.63) is 43.3 Å². The molecular formula is C35H66N2O6Si2Sn. The molecule has 0 aromatic carbocycles. The molecule has 0 spiro atoms. The van der Waals surface area contributed by atoms with E-state index in [1.165, 1.54) is 62.5 Å². The molecule has 3 atom stereocenters. The number of hydrogen-bond donors (Lipinski definition) is 1. The second-order valence-electron chi connectivity index (χ2n) is 15.3. The molecule has 1 aromatic rings. The molecule has 2 saturated heterocycles. The van der Waals surface area contributed by atoms with Crippen LogP contribution in [0.3, 0.4) is 0 Å². The van der Waals surface area contributed by atoms with Crippen molar-refractivity contribution in [2.75, 3.05) is 6.61 Å². The predicted molar refractivity (Wildman–Crippen MR) is 197 cm³/mol. The molecule has 3 rings (SSSR count). The van der Waals surface area contributed by atoms with E-state index in [-0.39, 0.29) is 22.2 Å². The zero-order chi connectivity index (χ0) is 34.3. The summed E-state index contributed by atoms with van der Waals surface area (Å²) in [5.41, 5.74) is -0.879. The van der Waals surface area contributed by atoms with E-state index in [1.807, 2.05) is 0 Å². The summed E-state index contributed by atoms with van der Waals surface area (Å²) in [6, 6.07) is 1.40. The summed E-state index contributed by atoms with van der Waals surface area (Å²) in [5, 5.41) is 0. The van der Waals surface area contributed by atoms with E-state index in [0.717, 1.165) is 0 Å². The SMILES string of the molecule is CCC[CH2][Sn](/[CH]=C/[C@]12C[C@H](n3ccc(=O)[nH]c3=O)O[C@@H]1CO[Si](C(C)C)(C(C)C)O[Si](C(C)C)(C(C)C)O2)([CH2]CCC)[CH2]CCC. The Balaban J connectivity index is 2.30. The molecule has 0 bridgehead atoms.